The van der Waals surface area contributed by atoms with Crippen LogP contribution in [0.15, 0.2) is 17.3 Å². The summed E-state index contributed by atoms with van der Waals surface area (Å²) in [4.78, 5) is 12.9. The van der Waals surface area contributed by atoms with Crippen LogP contribution >= 0.6 is 0 Å². The van der Waals surface area contributed by atoms with Crippen molar-refractivity contribution in [1.82, 2.24) is 0 Å². The first-order valence-corrected chi connectivity index (χ1v) is 6.07. The van der Waals surface area contributed by atoms with Crippen molar-refractivity contribution in [1.29, 1.82) is 0 Å². The van der Waals surface area contributed by atoms with Gasteiger partial charge < -0.3 is 4.90 Å². The van der Waals surface area contributed by atoms with Gasteiger partial charge in [0.1, 0.15) is 6.54 Å². The number of benzene rings is 1. The quantitative estimate of drug-likeness (QED) is 0.712. The van der Waals surface area contributed by atoms with Crippen molar-refractivity contribution >= 4 is 5.69 Å². The molecule has 1 aromatic rings. The Morgan fingerprint density at radius 1 is 1.12 bits per heavy atom. The fourth-order valence-corrected chi connectivity index (χ4v) is 3.04. The highest BCUT2D eigenvalue weighted by Crippen LogP contribution is 2.36. The average molecular weight is 216 g/mol. The van der Waals surface area contributed by atoms with E-state index in [-0.39, 0.29) is 0 Å². The summed E-state index contributed by atoms with van der Waals surface area (Å²) in [6.07, 6.45) is 4.80. The first-order chi connectivity index (χ1) is 7.88. The average Bonchev–Trinajstić information content (AvgIpc) is 2.30. The maximum absolute atomic E-state index is 10.4. The molecule has 0 saturated heterocycles. The van der Waals surface area contributed by atoms with E-state index in [0.717, 1.165) is 18.4 Å². The van der Waals surface area contributed by atoms with E-state index in [1.807, 2.05) is 0 Å². The Morgan fingerprint density at radius 2 is 1.75 bits per heavy atom. The van der Waals surface area contributed by atoms with E-state index in [9.17, 15) is 4.91 Å². The van der Waals surface area contributed by atoms with Crippen LogP contribution in [0, 0.1) is 4.91 Å². The molecule has 84 valence electrons. The molecule has 0 bridgehead atoms. The Hall–Kier alpha value is -1.38. The van der Waals surface area contributed by atoms with Crippen LogP contribution in [0.5, 0.6) is 0 Å². The van der Waals surface area contributed by atoms with Crippen LogP contribution in [-0.2, 0) is 19.4 Å². The lowest BCUT2D eigenvalue weighted by molar-refractivity contribution is 0.633. The summed E-state index contributed by atoms with van der Waals surface area (Å²) in [6, 6.07) is 4.36. The third-order valence-electron chi connectivity index (χ3n) is 3.64. The van der Waals surface area contributed by atoms with Crippen LogP contribution < -0.4 is 4.90 Å². The molecular formula is C13H16N2O. The number of anilines is 1. The Labute approximate surface area is 95.4 Å². The van der Waals surface area contributed by atoms with Crippen molar-refractivity contribution in [3.05, 3.63) is 33.7 Å². The topological polar surface area (TPSA) is 32.7 Å². The summed E-state index contributed by atoms with van der Waals surface area (Å²) < 4.78 is 0. The minimum Gasteiger partial charge on any atom is -0.371 e. The van der Waals surface area contributed by atoms with Crippen LogP contribution in [0.3, 0.4) is 0 Å². The highest BCUT2D eigenvalue weighted by molar-refractivity contribution is 5.64. The van der Waals surface area contributed by atoms with Crippen molar-refractivity contribution in [3.8, 4) is 0 Å². The van der Waals surface area contributed by atoms with Gasteiger partial charge in [-0.15, -0.1) is 0 Å². The molecule has 3 nitrogen and oxygen atoms in total. The van der Waals surface area contributed by atoms with Gasteiger partial charge in [0.25, 0.3) is 0 Å². The summed E-state index contributed by atoms with van der Waals surface area (Å²) in [5.74, 6) is 0. The molecule has 0 aromatic heterocycles. The van der Waals surface area contributed by atoms with Crippen molar-refractivity contribution in [2.75, 3.05) is 18.0 Å². The highest BCUT2D eigenvalue weighted by atomic mass is 16.3. The van der Waals surface area contributed by atoms with Gasteiger partial charge >= 0.3 is 0 Å². The molecule has 2 aliphatic rings. The third-order valence-corrected chi connectivity index (χ3v) is 3.64. The van der Waals surface area contributed by atoms with Gasteiger partial charge in [-0.2, -0.15) is 4.91 Å². The molecule has 16 heavy (non-hydrogen) atoms. The number of nitroso groups, excluding NO2 is 1. The second-order valence-corrected chi connectivity index (χ2v) is 4.74. The van der Waals surface area contributed by atoms with Crippen molar-refractivity contribution in [2.24, 2.45) is 5.18 Å². The number of aryl methyl sites for hydroxylation is 2. The van der Waals surface area contributed by atoms with Gasteiger partial charge in [0.05, 0.1) is 0 Å². The second-order valence-electron chi connectivity index (χ2n) is 4.74. The standard InChI is InChI=1S/C13H16N2O/c16-14-9-10-7-11-3-1-5-15-6-2-4-12(8-10)13(11)15/h7-8H,1-6,9H2. The number of hydrogen-bond donors (Lipinski definition) is 0. The Morgan fingerprint density at radius 3 is 2.31 bits per heavy atom. The fraction of sp³-hybridized carbons (Fsp3) is 0.538. The summed E-state index contributed by atoms with van der Waals surface area (Å²) in [6.45, 7) is 2.72. The van der Waals surface area contributed by atoms with Crippen molar-refractivity contribution < 1.29 is 0 Å². The molecule has 3 heteroatoms. The lowest BCUT2D eigenvalue weighted by Crippen LogP contribution is -2.34. The predicted molar refractivity (Wildman–Crippen MR) is 64.8 cm³/mol. The lowest BCUT2D eigenvalue weighted by Gasteiger charge is -2.37. The lowest BCUT2D eigenvalue weighted by atomic mass is 9.90. The van der Waals surface area contributed by atoms with Crippen molar-refractivity contribution in [2.45, 2.75) is 32.2 Å². The molecular weight excluding hydrogens is 200 g/mol. The Bertz CT molecular complexity index is 397. The molecule has 0 aliphatic carbocycles. The molecule has 0 N–H and O–H groups in total. The van der Waals surface area contributed by atoms with Crippen molar-refractivity contribution in [3.63, 3.8) is 0 Å². The van der Waals surface area contributed by atoms with Gasteiger partial charge in [-0.05, 0) is 42.4 Å². The Balaban J connectivity index is 2.09. The molecule has 2 aliphatic heterocycles. The molecule has 0 radical (unpaired) electrons. The number of nitrogens with zero attached hydrogens (tertiary/aromatic N) is 2. The van der Waals surface area contributed by atoms with Gasteiger partial charge in [0, 0.05) is 18.8 Å². The van der Waals surface area contributed by atoms with Gasteiger partial charge in [0.15, 0.2) is 0 Å². The molecule has 3 rings (SSSR count). The second kappa shape index (κ2) is 3.89. The fourth-order valence-electron chi connectivity index (χ4n) is 3.04. The molecule has 2 heterocycles. The molecule has 0 spiro atoms. The van der Waals surface area contributed by atoms with Crippen LogP contribution in [0.2, 0.25) is 0 Å². The van der Waals surface area contributed by atoms with E-state index < -0.39 is 0 Å². The minimum absolute atomic E-state index is 0.320. The van der Waals surface area contributed by atoms with Crippen LogP contribution in [0.1, 0.15) is 29.5 Å². The first kappa shape index (κ1) is 9.82. The summed E-state index contributed by atoms with van der Waals surface area (Å²) in [5.41, 5.74) is 5.42. The van der Waals surface area contributed by atoms with E-state index in [4.69, 9.17) is 0 Å². The van der Waals surface area contributed by atoms with E-state index >= 15 is 0 Å². The zero-order chi connectivity index (χ0) is 11.0. The minimum atomic E-state index is 0.320. The zero-order valence-corrected chi connectivity index (χ0v) is 9.41. The smallest absolute Gasteiger partial charge is 0.106 e. The molecule has 0 atom stereocenters. The van der Waals surface area contributed by atoms with Gasteiger partial charge in [0.2, 0.25) is 0 Å². The summed E-state index contributed by atoms with van der Waals surface area (Å²) in [7, 11) is 0. The maximum Gasteiger partial charge on any atom is 0.106 e. The van der Waals surface area contributed by atoms with Gasteiger partial charge in [-0.25, -0.2) is 0 Å². The normalized spacial score (nSPS) is 18.1. The van der Waals surface area contributed by atoms with Crippen LogP contribution in [0.4, 0.5) is 5.69 Å². The Kier molecular flexibility index (Phi) is 2.39. The maximum atomic E-state index is 10.4. The first-order valence-electron chi connectivity index (χ1n) is 6.07. The largest absolute Gasteiger partial charge is 0.371 e. The monoisotopic (exact) mass is 216 g/mol. The SMILES string of the molecule is O=NCc1cc2c3c(c1)CCCN3CCC2. The van der Waals surface area contributed by atoms with Gasteiger partial charge in [-0.1, -0.05) is 17.3 Å². The predicted octanol–water partition coefficient (Wildman–Crippen LogP) is 2.65. The molecule has 0 amide bonds. The summed E-state index contributed by atoms with van der Waals surface area (Å²) >= 11 is 0. The van der Waals surface area contributed by atoms with E-state index in [2.05, 4.69) is 22.2 Å². The number of hydrogen-bond acceptors (Lipinski definition) is 3. The van der Waals surface area contributed by atoms with E-state index in [0.29, 0.717) is 6.54 Å². The van der Waals surface area contributed by atoms with Crippen LogP contribution in [0.25, 0.3) is 0 Å². The number of rotatable bonds is 2. The summed E-state index contributed by atoms with van der Waals surface area (Å²) in [5, 5.41) is 3.00. The van der Waals surface area contributed by atoms with E-state index in [1.165, 1.54) is 42.7 Å². The molecule has 0 saturated carbocycles. The highest BCUT2D eigenvalue weighted by Gasteiger charge is 2.23. The van der Waals surface area contributed by atoms with Crippen LogP contribution in [-0.4, -0.2) is 13.1 Å². The van der Waals surface area contributed by atoms with E-state index in [1.54, 1.807) is 0 Å². The third kappa shape index (κ3) is 1.51. The molecule has 0 fully saturated rings. The molecule has 0 unspecified atom stereocenters. The van der Waals surface area contributed by atoms with Gasteiger partial charge in [-0.3, -0.25) is 0 Å². The zero-order valence-electron chi connectivity index (χ0n) is 9.41. The molecule has 1 aromatic carbocycles.